The number of phosphoric acid groups is 1. The van der Waals surface area contributed by atoms with Crippen LogP contribution in [0.2, 0.25) is 0 Å². The molecule has 0 spiro atoms. The van der Waals surface area contributed by atoms with Gasteiger partial charge in [-0.25, -0.2) is 4.57 Å². The number of fused-ring (bicyclic) bond motifs is 1. The second-order valence-corrected chi connectivity index (χ2v) is 17.5. The molecule has 2 rings (SSSR count). The summed E-state index contributed by atoms with van der Waals surface area (Å²) in [6.07, 6.45) is 32.6. The van der Waals surface area contributed by atoms with Crippen LogP contribution in [0.1, 0.15) is 212 Å². The molecule has 0 saturated carbocycles. The number of hydrogen-bond donors (Lipinski definition) is 0. The van der Waals surface area contributed by atoms with E-state index in [1.165, 1.54) is 128 Å². The van der Waals surface area contributed by atoms with Crippen molar-refractivity contribution < 1.29 is 37.2 Å². The molecule has 1 aliphatic carbocycles. The minimum absolute atomic E-state index is 0.133. The van der Waals surface area contributed by atoms with Crippen LogP contribution < -0.4 is 0 Å². The third-order valence-corrected chi connectivity index (χ3v) is 12.3. The normalized spacial score (nSPS) is 14.5. The minimum atomic E-state index is -3.97. The number of ether oxygens (including phenoxy) is 2. The van der Waals surface area contributed by atoms with Crippen LogP contribution in [0.3, 0.4) is 0 Å². The van der Waals surface area contributed by atoms with E-state index in [1.54, 1.807) is 6.92 Å². The van der Waals surface area contributed by atoms with Crippen LogP contribution in [0.25, 0.3) is 0 Å². The molecule has 1 aromatic carbocycles. The molecule has 318 valence electrons. The Labute approximate surface area is 336 Å². The zero-order valence-electron chi connectivity index (χ0n) is 35.5. The molecule has 0 heterocycles. The minimum Gasteiger partial charge on any atom is -0.462 e. The van der Waals surface area contributed by atoms with E-state index in [1.807, 2.05) is 24.3 Å². The van der Waals surface area contributed by atoms with Crippen molar-refractivity contribution in [3.8, 4) is 0 Å². The fraction of sp³-hybridized carbons (Fsp3) is 0.826. The van der Waals surface area contributed by atoms with Crippen molar-refractivity contribution in [2.45, 2.75) is 226 Å². The van der Waals surface area contributed by atoms with Crippen LogP contribution in [0.4, 0.5) is 0 Å². The largest absolute Gasteiger partial charge is 0.475 e. The smallest absolute Gasteiger partial charge is 0.462 e. The average Bonchev–Trinajstić information content (AvgIpc) is 3.58. The van der Waals surface area contributed by atoms with Gasteiger partial charge in [0.25, 0.3) is 0 Å². The van der Waals surface area contributed by atoms with Gasteiger partial charge in [-0.2, -0.15) is 0 Å². The molecule has 1 aromatic rings. The van der Waals surface area contributed by atoms with Crippen LogP contribution in [0, 0.1) is 0 Å². The Hall–Kier alpha value is -1.73. The summed E-state index contributed by atoms with van der Waals surface area (Å²) in [5, 5.41) is 0. The molecule has 0 fully saturated rings. The number of benzene rings is 1. The summed E-state index contributed by atoms with van der Waals surface area (Å²) in [6, 6.07) is 8.06. The van der Waals surface area contributed by atoms with Crippen LogP contribution >= 0.6 is 7.82 Å². The number of hydrogen-bond acceptors (Lipinski definition) is 8. The summed E-state index contributed by atoms with van der Waals surface area (Å²) >= 11 is 0. The first-order valence-electron chi connectivity index (χ1n) is 22.9. The lowest BCUT2D eigenvalue weighted by Gasteiger charge is -2.24. The van der Waals surface area contributed by atoms with E-state index in [0.29, 0.717) is 19.3 Å². The van der Waals surface area contributed by atoms with Gasteiger partial charge in [-0.15, -0.1) is 0 Å². The van der Waals surface area contributed by atoms with E-state index in [9.17, 15) is 14.2 Å². The molecule has 9 heteroatoms. The second-order valence-electron chi connectivity index (χ2n) is 15.8. The van der Waals surface area contributed by atoms with E-state index in [-0.39, 0.29) is 44.3 Å². The van der Waals surface area contributed by atoms with Gasteiger partial charge in [0.15, 0.2) is 6.10 Å². The zero-order valence-corrected chi connectivity index (χ0v) is 36.4. The Morgan fingerprint density at radius 3 is 1.38 bits per heavy atom. The summed E-state index contributed by atoms with van der Waals surface area (Å²) in [7, 11) is -3.97. The summed E-state index contributed by atoms with van der Waals surface area (Å²) in [6.45, 7) is 5.96. The van der Waals surface area contributed by atoms with Crippen LogP contribution in [-0.2, 0) is 50.0 Å². The van der Waals surface area contributed by atoms with E-state index >= 15 is 0 Å². The predicted molar refractivity (Wildman–Crippen MR) is 225 cm³/mol. The molecule has 2 atom stereocenters. The highest BCUT2D eigenvalue weighted by Crippen LogP contribution is 2.52. The van der Waals surface area contributed by atoms with Crippen molar-refractivity contribution >= 4 is 19.8 Å². The van der Waals surface area contributed by atoms with Gasteiger partial charge in [-0.05, 0) is 43.7 Å². The fourth-order valence-corrected chi connectivity index (χ4v) is 8.78. The van der Waals surface area contributed by atoms with Gasteiger partial charge in [-0.1, -0.05) is 192 Å². The molecule has 0 bridgehead atoms. The van der Waals surface area contributed by atoms with Crippen molar-refractivity contribution in [3.63, 3.8) is 0 Å². The molecule has 1 aliphatic rings. The molecule has 0 aliphatic heterocycles. The molecule has 55 heavy (non-hydrogen) atoms. The molecule has 8 nitrogen and oxygen atoms in total. The lowest BCUT2D eigenvalue weighted by molar-refractivity contribution is -0.161. The SMILES string of the molecule is CCCCCCCCCCCCCCCC(=O)OCC(COP(=O)(OCC)OC1Cc2ccccc2C1)OC(=O)CCCCCCCCCCCCCCC. The van der Waals surface area contributed by atoms with Gasteiger partial charge in [0.05, 0.1) is 19.3 Å². The lowest BCUT2D eigenvalue weighted by atomic mass is 10.0. The Morgan fingerprint density at radius 1 is 0.564 bits per heavy atom. The number of rotatable bonds is 38. The first-order chi connectivity index (χ1) is 26.9. The van der Waals surface area contributed by atoms with Gasteiger partial charge in [0, 0.05) is 12.8 Å². The van der Waals surface area contributed by atoms with E-state index in [4.69, 9.17) is 23.0 Å². The van der Waals surface area contributed by atoms with Crippen molar-refractivity contribution in [2.75, 3.05) is 19.8 Å². The van der Waals surface area contributed by atoms with E-state index in [2.05, 4.69) is 13.8 Å². The van der Waals surface area contributed by atoms with Gasteiger partial charge in [0.1, 0.15) is 6.61 Å². The third-order valence-electron chi connectivity index (χ3n) is 10.7. The molecular formula is C46H81O8P. The number of phosphoric ester groups is 1. The van der Waals surface area contributed by atoms with Crippen LogP contribution in [0.15, 0.2) is 24.3 Å². The third kappa shape index (κ3) is 26.0. The molecule has 0 amide bonds. The maximum Gasteiger partial charge on any atom is 0.475 e. The summed E-state index contributed by atoms with van der Waals surface area (Å²) in [5.41, 5.74) is 2.32. The molecule has 0 aromatic heterocycles. The molecule has 0 saturated heterocycles. The van der Waals surface area contributed by atoms with Gasteiger partial charge in [-0.3, -0.25) is 23.2 Å². The highest BCUT2D eigenvalue weighted by Gasteiger charge is 2.35. The highest BCUT2D eigenvalue weighted by atomic mass is 31.2. The first-order valence-corrected chi connectivity index (χ1v) is 24.3. The fourth-order valence-electron chi connectivity index (χ4n) is 7.40. The average molecular weight is 793 g/mol. The first kappa shape index (κ1) is 49.4. The molecule has 0 radical (unpaired) electrons. The Bertz CT molecular complexity index is 1120. The monoisotopic (exact) mass is 793 g/mol. The number of carbonyl (C=O) groups excluding carboxylic acids is 2. The molecular weight excluding hydrogens is 711 g/mol. The molecule has 0 N–H and O–H groups in total. The maximum atomic E-state index is 13.7. The topological polar surface area (TPSA) is 97.4 Å². The maximum absolute atomic E-state index is 13.7. The van der Waals surface area contributed by atoms with Crippen molar-refractivity contribution in [3.05, 3.63) is 35.4 Å². The van der Waals surface area contributed by atoms with Gasteiger partial charge >= 0.3 is 19.8 Å². The Balaban J connectivity index is 1.72. The predicted octanol–water partition coefficient (Wildman–Crippen LogP) is 13.7. The second kappa shape index (κ2) is 33.3. The van der Waals surface area contributed by atoms with E-state index < -0.39 is 13.9 Å². The van der Waals surface area contributed by atoms with Crippen LogP contribution in [-0.4, -0.2) is 44.0 Å². The van der Waals surface area contributed by atoms with Crippen molar-refractivity contribution in [2.24, 2.45) is 0 Å². The van der Waals surface area contributed by atoms with Gasteiger partial charge in [0.2, 0.25) is 0 Å². The van der Waals surface area contributed by atoms with Crippen LogP contribution in [0.5, 0.6) is 0 Å². The van der Waals surface area contributed by atoms with Crippen molar-refractivity contribution in [1.29, 1.82) is 0 Å². The molecule has 2 unspecified atom stereocenters. The summed E-state index contributed by atoms with van der Waals surface area (Å²) in [5.74, 6) is -0.698. The Morgan fingerprint density at radius 2 is 0.964 bits per heavy atom. The summed E-state index contributed by atoms with van der Waals surface area (Å²) in [4.78, 5) is 25.6. The zero-order chi connectivity index (χ0) is 39.7. The highest BCUT2D eigenvalue weighted by molar-refractivity contribution is 7.48. The quantitative estimate of drug-likeness (QED) is 0.0371. The number of esters is 2. The van der Waals surface area contributed by atoms with E-state index in [0.717, 1.165) is 49.7 Å². The number of unbranched alkanes of at least 4 members (excludes halogenated alkanes) is 24. The Kier molecular flexibility index (Phi) is 29.9. The number of carbonyl (C=O) groups is 2. The summed E-state index contributed by atoms with van der Waals surface area (Å²) < 4.78 is 42.3. The van der Waals surface area contributed by atoms with Crippen molar-refractivity contribution in [1.82, 2.24) is 0 Å². The van der Waals surface area contributed by atoms with Gasteiger partial charge < -0.3 is 9.47 Å². The lowest BCUT2D eigenvalue weighted by Crippen LogP contribution is -2.30. The standard InChI is InChI=1S/C46H81O8P/c1-4-7-9-11-13-15-17-19-21-23-25-27-29-35-45(47)50-39-44(53-46(48)36-30-28-26-24-22-20-18-16-14-12-10-8-5-2)40-52-55(49,51-6-3)54-43-37-41-33-31-32-34-42(41)38-43/h31-34,43-44H,4-30,35-40H2,1-3H3.